The molecule has 32 heavy (non-hydrogen) atoms. The molecule has 1 fully saturated rings. The van der Waals surface area contributed by atoms with E-state index in [1.54, 1.807) is 6.07 Å². The van der Waals surface area contributed by atoms with Crippen LogP contribution in [0.1, 0.15) is 60.5 Å². The van der Waals surface area contributed by atoms with E-state index in [4.69, 9.17) is 9.47 Å². The van der Waals surface area contributed by atoms with E-state index in [-0.39, 0.29) is 11.4 Å². The molecule has 1 amide bonds. The van der Waals surface area contributed by atoms with Gasteiger partial charge in [0, 0.05) is 18.7 Å². The molecule has 7 nitrogen and oxygen atoms in total. The summed E-state index contributed by atoms with van der Waals surface area (Å²) in [6.45, 7) is 4.56. The quantitative estimate of drug-likeness (QED) is 0.607. The average Bonchev–Trinajstić information content (AvgIpc) is 2.80. The van der Waals surface area contributed by atoms with Crippen molar-refractivity contribution in [3.05, 3.63) is 53.2 Å². The van der Waals surface area contributed by atoms with Crippen molar-refractivity contribution >= 4 is 11.9 Å². The van der Waals surface area contributed by atoms with Gasteiger partial charge in [-0.1, -0.05) is 37.6 Å². The van der Waals surface area contributed by atoms with E-state index in [1.165, 1.54) is 24.4 Å². The molecule has 2 aromatic rings. The Bertz CT molecular complexity index is 951. The lowest BCUT2D eigenvalue weighted by Gasteiger charge is -2.37. The van der Waals surface area contributed by atoms with Crippen molar-refractivity contribution in [1.29, 1.82) is 0 Å². The van der Waals surface area contributed by atoms with Crippen molar-refractivity contribution in [3.8, 4) is 11.6 Å². The van der Waals surface area contributed by atoms with Crippen molar-refractivity contribution < 1.29 is 24.2 Å². The van der Waals surface area contributed by atoms with Gasteiger partial charge in [0.05, 0.1) is 19.3 Å². The summed E-state index contributed by atoms with van der Waals surface area (Å²) in [4.78, 5) is 29.2. The maximum atomic E-state index is 13.0. The Morgan fingerprint density at radius 3 is 2.59 bits per heavy atom. The van der Waals surface area contributed by atoms with E-state index in [9.17, 15) is 14.7 Å². The van der Waals surface area contributed by atoms with Gasteiger partial charge in [0.2, 0.25) is 0 Å². The molecule has 0 saturated heterocycles. The molecule has 0 radical (unpaired) electrons. The van der Waals surface area contributed by atoms with Gasteiger partial charge in [-0.2, -0.15) is 0 Å². The van der Waals surface area contributed by atoms with Gasteiger partial charge in [-0.15, -0.1) is 0 Å². The Morgan fingerprint density at radius 2 is 1.97 bits per heavy atom. The Balaban J connectivity index is 1.71. The van der Waals surface area contributed by atoms with Crippen LogP contribution < -0.4 is 14.8 Å². The number of carboxylic acids is 1. The number of hydrogen-bond acceptors (Lipinski definition) is 5. The first kappa shape index (κ1) is 23.6. The molecule has 0 spiro atoms. The molecule has 0 aliphatic heterocycles. The molecule has 172 valence electrons. The fourth-order valence-electron chi connectivity index (χ4n) is 4.23. The fraction of sp³-hybridized carbons (Fsp3) is 0.480. The lowest BCUT2D eigenvalue weighted by Crippen LogP contribution is -2.56. The van der Waals surface area contributed by atoms with Crippen LogP contribution in [0.25, 0.3) is 0 Å². The Labute approximate surface area is 189 Å². The van der Waals surface area contributed by atoms with Gasteiger partial charge < -0.3 is 19.9 Å². The molecule has 1 aromatic carbocycles. The molecule has 1 saturated carbocycles. The number of aromatic nitrogens is 1. The predicted octanol–water partition coefficient (Wildman–Crippen LogP) is 4.17. The SMILES string of the molecule is CCC1CCC(NC(=O)c2cnc(OC)c(OCCc3ccccc3C)c2)(C(=O)O)CC1. The van der Waals surface area contributed by atoms with E-state index >= 15 is 0 Å². The number of aryl methyl sites for hydroxylation is 1. The van der Waals surface area contributed by atoms with Crippen LogP contribution >= 0.6 is 0 Å². The summed E-state index contributed by atoms with van der Waals surface area (Å²) >= 11 is 0. The zero-order valence-corrected chi connectivity index (χ0v) is 19.0. The number of carbonyl (C=O) groups is 2. The Kier molecular flexibility index (Phi) is 7.72. The van der Waals surface area contributed by atoms with Crippen LogP contribution in [0.3, 0.4) is 0 Å². The number of methoxy groups -OCH3 is 1. The van der Waals surface area contributed by atoms with Gasteiger partial charge in [-0.3, -0.25) is 4.79 Å². The van der Waals surface area contributed by atoms with Crippen molar-refractivity contribution in [1.82, 2.24) is 10.3 Å². The molecule has 7 heteroatoms. The molecule has 3 rings (SSSR count). The maximum Gasteiger partial charge on any atom is 0.329 e. The van der Waals surface area contributed by atoms with Crippen molar-refractivity contribution in [3.63, 3.8) is 0 Å². The third-order valence-corrected chi connectivity index (χ3v) is 6.46. The first-order valence-corrected chi connectivity index (χ1v) is 11.2. The number of rotatable bonds is 9. The molecule has 1 aliphatic carbocycles. The van der Waals surface area contributed by atoms with Crippen molar-refractivity contribution in [2.75, 3.05) is 13.7 Å². The van der Waals surface area contributed by atoms with Gasteiger partial charge in [-0.05, 0) is 49.7 Å². The molecule has 1 aromatic heterocycles. The van der Waals surface area contributed by atoms with Crippen LogP contribution in [0.4, 0.5) is 0 Å². The minimum atomic E-state index is -1.24. The van der Waals surface area contributed by atoms with E-state index in [2.05, 4.69) is 36.3 Å². The number of pyridine rings is 1. The standard InChI is InChI=1S/C25H32N2O5/c1-4-18-9-12-25(13-10-18,24(29)30)27-22(28)20-15-21(23(31-3)26-16-20)32-14-11-19-8-6-5-7-17(19)2/h5-8,15-16,18H,4,9-14H2,1-3H3,(H,27,28)(H,29,30). The third kappa shape index (κ3) is 5.39. The van der Waals surface area contributed by atoms with Crippen molar-refractivity contribution in [2.45, 2.75) is 57.9 Å². The van der Waals surface area contributed by atoms with Crippen molar-refractivity contribution in [2.24, 2.45) is 5.92 Å². The zero-order valence-electron chi connectivity index (χ0n) is 19.0. The minimum Gasteiger partial charge on any atom is -0.488 e. The van der Waals surface area contributed by atoms with Crippen LogP contribution in [-0.4, -0.2) is 41.2 Å². The van der Waals surface area contributed by atoms with E-state index in [0.717, 1.165) is 19.3 Å². The van der Waals surface area contributed by atoms with Crippen LogP contribution in [-0.2, 0) is 11.2 Å². The Hall–Kier alpha value is -3.09. The second kappa shape index (κ2) is 10.5. The molecule has 0 atom stereocenters. The maximum absolute atomic E-state index is 13.0. The van der Waals surface area contributed by atoms with Gasteiger partial charge >= 0.3 is 5.97 Å². The monoisotopic (exact) mass is 440 g/mol. The molecule has 0 bridgehead atoms. The number of nitrogens with zero attached hydrogens (tertiary/aromatic N) is 1. The number of nitrogens with one attached hydrogen (secondary N) is 1. The smallest absolute Gasteiger partial charge is 0.329 e. The topological polar surface area (TPSA) is 97.8 Å². The molecule has 0 unspecified atom stereocenters. The average molecular weight is 441 g/mol. The van der Waals surface area contributed by atoms with Crippen LogP contribution in [0, 0.1) is 12.8 Å². The number of ether oxygens (including phenoxy) is 2. The highest BCUT2D eigenvalue weighted by molar-refractivity contribution is 5.98. The minimum absolute atomic E-state index is 0.245. The first-order valence-electron chi connectivity index (χ1n) is 11.2. The van der Waals surface area contributed by atoms with Crippen LogP contribution in [0.15, 0.2) is 36.5 Å². The number of carboxylic acid groups (broad SMARTS) is 1. The van der Waals surface area contributed by atoms with E-state index in [0.29, 0.717) is 37.5 Å². The van der Waals surface area contributed by atoms with Gasteiger partial charge in [0.15, 0.2) is 5.75 Å². The lowest BCUT2D eigenvalue weighted by atomic mass is 9.75. The summed E-state index contributed by atoms with van der Waals surface area (Å²) in [6.07, 6.45) is 5.54. The fourth-order valence-corrected chi connectivity index (χ4v) is 4.23. The highest BCUT2D eigenvalue weighted by Gasteiger charge is 2.43. The Morgan fingerprint density at radius 1 is 1.25 bits per heavy atom. The second-order valence-electron chi connectivity index (χ2n) is 8.45. The number of carbonyl (C=O) groups excluding carboxylic acids is 1. The molecule has 2 N–H and O–H groups in total. The highest BCUT2D eigenvalue weighted by atomic mass is 16.5. The van der Waals surface area contributed by atoms with Crippen LogP contribution in [0.5, 0.6) is 11.6 Å². The lowest BCUT2D eigenvalue weighted by molar-refractivity contribution is -0.146. The van der Waals surface area contributed by atoms with Gasteiger partial charge in [0.1, 0.15) is 5.54 Å². The third-order valence-electron chi connectivity index (χ3n) is 6.46. The number of aliphatic carboxylic acids is 1. The zero-order chi connectivity index (χ0) is 23.1. The van der Waals surface area contributed by atoms with Gasteiger partial charge in [0.25, 0.3) is 11.8 Å². The second-order valence-corrected chi connectivity index (χ2v) is 8.45. The summed E-state index contributed by atoms with van der Waals surface area (Å²) in [7, 11) is 1.49. The molecule has 1 aliphatic rings. The summed E-state index contributed by atoms with van der Waals surface area (Å²) in [5.41, 5.74) is 1.37. The number of benzene rings is 1. The summed E-state index contributed by atoms with van der Waals surface area (Å²) in [6, 6.07) is 9.65. The van der Waals surface area contributed by atoms with Crippen LogP contribution in [0.2, 0.25) is 0 Å². The number of hydrogen-bond donors (Lipinski definition) is 2. The molecular formula is C25H32N2O5. The normalized spacial score (nSPS) is 20.4. The molecule has 1 heterocycles. The highest BCUT2D eigenvalue weighted by Crippen LogP contribution is 2.34. The van der Waals surface area contributed by atoms with E-state index in [1.807, 2.05) is 12.1 Å². The summed E-state index contributed by atoms with van der Waals surface area (Å²) in [5.74, 6) is -0.316. The largest absolute Gasteiger partial charge is 0.488 e. The predicted molar refractivity (Wildman–Crippen MR) is 121 cm³/mol. The van der Waals surface area contributed by atoms with E-state index < -0.39 is 17.4 Å². The summed E-state index contributed by atoms with van der Waals surface area (Å²) in [5, 5.41) is 12.6. The first-order chi connectivity index (χ1) is 15.4. The molecular weight excluding hydrogens is 408 g/mol. The van der Waals surface area contributed by atoms with Gasteiger partial charge in [-0.25, -0.2) is 9.78 Å². The summed E-state index contributed by atoms with van der Waals surface area (Å²) < 4.78 is 11.2. The number of amides is 1.